The fourth-order valence-electron chi connectivity index (χ4n) is 2.49. The van der Waals surface area contributed by atoms with Gasteiger partial charge in [-0.3, -0.25) is 4.79 Å². The van der Waals surface area contributed by atoms with Crippen molar-refractivity contribution >= 4 is 40.2 Å². The first-order valence-corrected chi connectivity index (χ1v) is 7.91. The minimum atomic E-state index is -0.633. The van der Waals surface area contributed by atoms with Gasteiger partial charge in [-0.05, 0) is 30.5 Å². The molecule has 4 nitrogen and oxygen atoms in total. The smallest absolute Gasteiger partial charge is 0.245 e. The maximum Gasteiger partial charge on any atom is 0.245 e. The second-order valence-corrected chi connectivity index (χ2v) is 6.55. The summed E-state index contributed by atoms with van der Waals surface area (Å²) in [4.78, 5) is 15.0. The van der Waals surface area contributed by atoms with Crippen molar-refractivity contribution < 1.29 is 4.79 Å². The van der Waals surface area contributed by atoms with Gasteiger partial charge in [0.15, 0.2) is 0 Å². The van der Waals surface area contributed by atoms with Crippen molar-refractivity contribution in [1.29, 1.82) is 0 Å². The van der Waals surface area contributed by atoms with Crippen LogP contribution in [-0.2, 0) is 4.79 Å². The molecule has 2 aromatic rings. The van der Waals surface area contributed by atoms with Gasteiger partial charge in [-0.15, -0.1) is 11.3 Å². The molecule has 0 saturated carbocycles. The van der Waals surface area contributed by atoms with Crippen LogP contribution in [0.3, 0.4) is 0 Å². The van der Waals surface area contributed by atoms with Crippen LogP contribution < -0.4 is 16.0 Å². The minimum Gasteiger partial charge on any atom is -0.366 e. The van der Waals surface area contributed by atoms with E-state index in [0.717, 1.165) is 16.9 Å². The summed E-state index contributed by atoms with van der Waals surface area (Å²) in [5.41, 5.74) is 8.22. The van der Waals surface area contributed by atoms with E-state index in [1.54, 1.807) is 17.4 Å². The zero-order valence-corrected chi connectivity index (χ0v) is 13.3. The highest BCUT2D eigenvalue weighted by atomic mass is 35.5. The Balaban J connectivity index is 1.97. The summed E-state index contributed by atoms with van der Waals surface area (Å²) in [5.74, 6) is -0.188. The van der Waals surface area contributed by atoms with Gasteiger partial charge in [0, 0.05) is 23.2 Å². The maximum atomic E-state index is 11.7. The lowest BCUT2D eigenvalue weighted by atomic mass is 10.1. The average Bonchev–Trinajstić information content (AvgIpc) is 3.08. The molecular weight excluding hydrogens is 306 g/mol. The van der Waals surface area contributed by atoms with Gasteiger partial charge in [-0.2, -0.15) is 0 Å². The number of halogens is 1. The summed E-state index contributed by atoms with van der Waals surface area (Å²) in [7, 11) is 1.99. The van der Waals surface area contributed by atoms with Gasteiger partial charge >= 0.3 is 0 Å². The molecular formula is C15H16ClN3OS. The van der Waals surface area contributed by atoms with E-state index in [-0.39, 0.29) is 11.9 Å². The molecule has 0 spiro atoms. The summed E-state index contributed by atoms with van der Waals surface area (Å²) in [5, 5.41) is 5.46. The number of fused-ring (bicyclic) bond motifs is 1. The SMILES string of the molecule is CC(c1cccs1)N(C)c1cc2c(cc1Cl)C(N)C(=O)N2. The predicted molar refractivity (Wildman–Crippen MR) is 88.1 cm³/mol. The summed E-state index contributed by atoms with van der Waals surface area (Å²) < 4.78 is 0. The van der Waals surface area contributed by atoms with E-state index in [0.29, 0.717) is 5.02 Å². The lowest BCUT2D eigenvalue weighted by Gasteiger charge is -2.27. The number of carbonyl (C=O) groups excluding carboxylic acids is 1. The van der Waals surface area contributed by atoms with Gasteiger partial charge in [0.05, 0.1) is 16.8 Å². The van der Waals surface area contributed by atoms with E-state index < -0.39 is 6.04 Å². The quantitative estimate of drug-likeness (QED) is 0.909. The Hall–Kier alpha value is -1.56. The van der Waals surface area contributed by atoms with Crippen molar-refractivity contribution in [2.24, 2.45) is 5.73 Å². The number of nitrogens with two attached hydrogens (primary N) is 1. The molecule has 1 aliphatic heterocycles. The number of anilines is 2. The third-order valence-corrected chi connectivity index (χ3v) is 5.26. The summed E-state index contributed by atoms with van der Waals surface area (Å²) in [6.45, 7) is 2.12. The first-order chi connectivity index (χ1) is 9.99. The normalized spacial score (nSPS) is 18.3. The van der Waals surface area contributed by atoms with E-state index in [4.69, 9.17) is 17.3 Å². The second kappa shape index (κ2) is 5.33. The van der Waals surface area contributed by atoms with Crippen molar-refractivity contribution in [2.45, 2.75) is 19.0 Å². The molecule has 1 amide bonds. The molecule has 0 bridgehead atoms. The van der Waals surface area contributed by atoms with Crippen LogP contribution in [0.15, 0.2) is 29.6 Å². The van der Waals surface area contributed by atoms with Crippen LogP contribution in [0.25, 0.3) is 0 Å². The highest BCUT2D eigenvalue weighted by Crippen LogP contribution is 2.40. The highest BCUT2D eigenvalue weighted by Gasteiger charge is 2.29. The molecule has 3 N–H and O–H groups in total. The van der Waals surface area contributed by atoms with Crippen LogP contribution in [0, 0.1) is 0 Å². The molecule has 6 heteroatoms. The number of amides is 1. The van der Waals surface area contributed by atoms with Crippen molar-refractivity contribution in [3.63, 3.8) is 0 Å². The Morgan fingerprint density at radius 1 is 1.48 bits per heavy atom. The summed E-state index contributed by atoms with van der Waals surface area (Å²) in [6.07, 6.45) is 0. The largest absolute Gasteiger partial charge is 0.366 e. The molecule has 1 aromatic heterocycles. The zero-order valence-electron chi connectivity index (χ0n) is 11.8. The molecule has 3 rings (SSSR count). The maximum absolute atomic E-state index is 11.7. The Bertz CT molecular complexity index is 686. The van der Waals surface area contributed by atoms with Crippen LogP contribution in [0.4, 0.5) is 11.4 Å². The van der Waals surface area contributed by atoms with Crippen LogP contribution in [0.2, 0.25) is 5.02 Å². The van der Waals surface area contributed by atoms with Crippen LogP contribution in [0.5, 0.6) is 0 Å². The summed E-state index contributed by atoms with van der Waals surface area (Å²) >= 11 is 8.10. The van der Waals surface area contributed by atoms with E-state index in [2.05, 4.69) is 28.6 Å². The molecule has 1 aliphatic rings. The van der Waals surface area contributed by atoms with Gasteiger partial charge in [0.2, 0.25) is 5.91 Å². The van der Waals surface area contributed by atoms with Crippen molar-refractivity contribution in [2.75, 3.05) is 17.3 Å². The number of benzene rings is 1. The second-order valence-electron chi connectivity index (χ2n) is 5.16. The van der Waals surface area contributed by atoms with Gasteiger partial charge in [0.1, 0.15) is 6.04 Å². The van der Waals surface area contributed by atoms with Crippen LogP contribution >= 0.6 is 22.9 Å². The molecule has 2 heterocycles. The lowest BCUT2D eigenvalue weighted by Crippen LogP contribution is -2.21. The Kier molecular flexibility index (Phi) is 3.65. The van der Waals surface area contributed by atoms with E-state index in [1.807, 2.05) is 19.2 Å². The highest BCUT2D eigenvalue weighted by molar-refractivity contribution is 7.10. The standard InChI is InChI=1S/C15H16ClN3OS/c1-8(13-4-3-5-21-13)19(2)12-7-11-9(6-10(12)16)14(17)15(20)18-11/h3-8,14H,17H2,1-2H3,(H,18,20). The molecule has 2 unspecified atom stereocenters. The van der Waals surface area contributed by atoms with E-state index in [9.17, 15) is 4.79 Å². The topological polar surface area (TPSA) is 58.4 Å². The minimum absolute atomic E-state index is 0.188. The van der Waals surface area contributed by atoms with Crippen molar-refractivity contribution in [1.82, 2.24) is 0 Å². The van der Waals surface area contributed by atoms with Crippen molar-refractivity contribution in [3.8, 4) is 0 Å². The van der Waals surface area contributed by atoms with Crippen molar-refractivity contribution in [3.05, 3.63) is 45.1 Å². The fraction of sp³-hybridized carbons (Fsp3) is 0.267. The van der Waals surface area contributed by atoms with Gasteiger partial charge in [0.25, 0.3) is 0 Å². The van der Waals surface area contributed by atoms with E-state index in [1.165, 1.54) is 4.88 Å². The molecule has 21 heavy (non-hydrogen) atoms. The monoisotopic (exact) mass is 321 g/mol. The molecule has 0 saturated heterocycles. The first kappa shape index (κ1) is 14.4. The molecule has 0 radical (unpaired) electrons. The number of carbonyl (C=O) groups is 1. The zero-order chi connectivity index (χ0) is 15.1. The molecule has 0 aliphatic carbocycles. The first-order valence-electron chi connectivity index (χ1n) is 6.65. The average molecular weight is 322 g/mol. The third kappa shape index (κ3) is 2.41. The number of thiophene rings is 1. The lowest BCUT2D eigenvalue weighted by molar-refractivity contribution is -0.116. The van der Waals surface area contributed by atoms with E-state index >= 15 is 0 Å². The number of hydrogen-bond donors (Lipinski definition) is 2. The number of rotatable bonds is 3. The number of nitrogens with one attached hydrogen (secondary N) is 1. The Labute approximate surface area is 132 Å². The Morgan fingerprint density at radius 2 is 2.24 bits per heavy atom. The van der Waals surface area contributed by atoms with Gasteiger partial charge in [-0.1, -0.05) is 17.7 Å². The third-order valence-electron chi connectivity index (χ3n) is 3.91. The number of nitrogens with zero attached hydrogens (tertiary/aromatic N) is 1. The van der Waals surface area contributed by atoms with Crippen LogP contribution in [-0.4, -0.2) is 13.0 Å². The predicted octanol–water partition coefficient (Wildman–Crippen LogP) is 3.55. The van der Waals surface area contributed by atoms with Gasteiger partial charge < -0.3 is 16.0 Å². The van der Waals surface area contributed by atoms with Gasteiger partial charge in [-0.25, -0.2) is 0 Å². The summed E-state index contributed by atoms with van der Waals surface area (Å²) in [6, 6.07) is 7.38. The molecule has 110 valence electrons. The fourth-order valence-corrected chi connectivity index (χ4v) is 3.63. The molecule has 2 atom stereocenters. The Morgan fingerprint density at radius 3 is 2.90 bits per heavy atom. The molecule has 0 fully saturated rings. The molecule has 1 aromatic carbocycles. The number of hydrogen-bond acceptors (Lipinski definition) is 4. The van der Waals surface area contributed by atoms with Crippen LogP contribution in [0.1, 0.15) is 29.4 Å².